The summed E-state index contributed by atoms with van der Waals surface area (Å²) in [6, 6.07) is 12.5. The number of halogens is 2. The van der Waals surface area contributed by atoms with Crippen LogP contribution in [0.15, 0.2) is 47.4 Å². The molecule has 2 aromatic carbocycles. The number of hydrogen-bond donors (Lipinski definition) is 0. The molecule has 0 saturated carbocycles. The highest BCUT2D eigenvalue weighted by molar-refractivity contribution is 8.18. The van der Waals surface area contributed by atoms with Crippen LogP contribution in [-0.4, -0.2) is 46.5 Å². The van der Waals surface area contributed by atoms with Crippen LogP contribution < -0.4 is 4.74 Å². The number of thioether (sulfide) groups is 1. The summed E-state index contributed by atoms with van der Waals surface area (Å²) in [7, 11) is 0. The molecule has 0 unspecified atom stereocenters. The van der Waals surface area contributed by atoms with E-state index < -0.39 is 11.1 Å². The Morgan fingerprint density at radius 1 is 1.00 bits per heavy atom. The van der Waals surface area contributed by atoms with Crippen LogP contribution in [-0.2, 0) is 16.2 Å². The summed E-state index contributed by atoms with van der Waals surface area (Å²) in [6.07, 6.45) is 4.67. The summed E-state index contributed by atoms with van der Waals surface area (Å²) >= 11 is 12.8. The first-order valence-corrected chi connectivity index (χ1v) is 12.2. The first kappa shape index (κ1) is 23.7. The molecule has 2 saturated heterocycles. The Morgan fingerprint density at radius 3 is 2.42 bits per heavy atom. The van der Waals surface area contributed by atoms with Crippen LogP contribution in [0.4, 0.5) is 4.79 Å². The topological polar surface area (TPSA) is 66.9 Å². The van der Waals surface area contributed by atoms with E-state index >= 15 is 0 Å². The van der Waals surface area contributed by atoms with Gasteiger partial charge >= 0.3 is 0 Å². The molecule has 0 atom stereocenters. The van der Waals surface area contributed by atoms with Crippen LogP contribution in [0.3, 0.4) is 0 Å². The maximum atomic E-state index is 12.7. The van der Waals surface area contributed by atoms with Crippen molar-refractivity contribution in [1.29, 1.82) is 0 Å². The lowest BCUT2D eigenvalue weighted by Crippen LogP contribution is -2.44. The van der Waals surface area contributed by atoms with Crippen LogP contribution in [0.1, 0.15) is 30.4 Å². The van der Waals surface area contributed by atoms with E-state index in [-0.39, 0.29) is 12.5 Å². The zero-order chi connectivity index (χ0) is 23.4. The maximum Gasteiger partial charge on any atom is 0.294 e. The third-order valence-electron chi connectivity index (χ3n) is 5.44. The van der Waals surface area contributed by atoms with Crippen molar-refractivity contribution in [3.63, 3.8) is 0 Å². The number of imide groups is 1. The quantitative estimate of drug-likeness (QED) is 0.477. The number of benzene rings is 2. The molecule has 2 aliphatic rings. The SMILES string of the molecule is O=C(CN1C(=O)S/C(=C\c2ccc(OCc3ccc(Cl)c(Cl)c3)cc2)C1=O)N1CCCCC1. The Labute approximate surface area is 206 Å². The summed E-state index contributed by atoms with van der Waals surface area (Å²) in [5, 5.41) is 0.544. The highest BCUT2D eigenvalue weighted by Gasteiger charge is 2.37. The van der Waals surface area contributed by atoms with Crippen molar-refractivity contribution in [1.82, 2.24) is 9.80 Å². The number of rotatable bonds is 6. The van der Waals surface area contributed by atoms with Crippen molar-refractivity contribution in [2.24, 2.45) is 0 Å². The smallest absolute Gasteiger partial charge is 0.294 e. The number of ether oxygens (including phenoxy) is 1. The number of carbonyl (C=O) groups excluding carboxylic acids is 3. The van der Waals surface area contributed by atoms with Gasteiger partial charge in [0.2, 0.25) is 5.91 Å². The van der Waals surface area contributed by atoms with Gasteiger partial charge in [-0.2, -0.15) is 0 Å². The van der Waals surface area contributed by atoms with Gasteiger partial charge in [0.05, 0.1) is 15.0 Å². The first-order valence-electron chi connectivity index (χ1n) is 10.6. The second-order valence-corrected chi connectivity index (χ2v) is 9.62. The van der Waals surface area contributed by atoms with Crippen LogP contribution >= 0.6 is 35.0 Å². The molecular weight excluding hydrogens is 483 g/mol. The van der Waals surface area contributed by atoms with Crippen LogP contribution in [0.5, 0.6) is 5.75 Å². The van der Waals surface area contributed by atoms with E-state index in [0.717, 1.165) is 47.1 Å². The Hall–Kier alpha value is -2.48. The molecular formula is C24H22Cl2N2O4S. The maximum absolute atomic E-state index is 12.7. The van der Waals surface area contributed by atoms with Gasteiger partial charge < -0.3 is 9.64 Å². The number of amides is 3. The zero-order valence-corrected chi connectivity index (χ0v) is 20.1. The molecule has 9 heteroatoms. The fourth-order valence-corrected chi connectivity index (χ4v) is 4.78. The molecule has 2 aromatic rings. The minimum absolute atomic E-state index is 0.179. The molecule has 3 amide bonds. The summed E-state index contributed by atoms with van der Waals surface area (Å²) in [4.78, 5) is 40.6. The molecule has 0 bridgehead atoms. The number of hydrogen-bond acceptors (Lipinski definition) is 5. The second-order valence-electron chi connectivity index (χ2n) is 7.82. The number of piperidine rings is 1. The van der Waals surface area contributed by atoms with Crippen molar-refractivity contribution < 1.29 is 19.1 Å². The van der Waals surface area contributed by atoms with E-state index in [1.54, 1.807) is 47.4 Å². The summed E-state index contributed by atoms with van der Waals surface area (Å²) in [5.74, 6) is 0.0375. The summed E-state index contributed by atoms with van der Waals surface area (Å²) in [5.41, 5.74) is 1.64. The molecule has 0 aliphatic carbocycles. The molecule has 2 heterocycles. The van der Waals surface area contributed by atoms with Crippen molar-refractivity contribution in [2.75, 3.05) is 19.6 Å². The predicted molar refractivity (Wildman–Crippen MR) is 130 cm³/mol. The van der Waals surface area contributed by atoms with E-state index in [9.17, 15) is 14.4 Å². The fraction of sp³-hybridized carbons (Fsp3) is 0.292. The van der Waals surface area contributed by atoms with Gasteiger partial charge in [-0.25, -0.2) is 0 Å². The molecule has 6 nitrogen and oxygen atoms in total. The normalized spacial score (nSPS) is 17.7. The molecule has 2 aliphatic heterocycles. The molecule has 0 spiro atoms. The third-order valence-corrected chi connectivity index (χ3v) is 7.09. The monoisotopic (exact) mass is 504 g/mol. The number of nitrogens with zero attached hydrogens (tertiary/aromatic N) is 2. The van der Waals surface area contributed by atoms with Gasteiger partial charge in [-0.05, 0) is 72.5 Å². The van der Waals surface area contributed by atoms with Crippen LogP contribution in [0.25, 0.3) is 6.08 Å². The average Bonchev–Trinajstić information content (AvgIpc) is 3.08. The highest BCUT2D eigenvalue weighted by Crippen LogP contribution is 2.32. The van der Waals surface area contributed by atoms with Gasteiger partial charge in [-0.1, -0.05) is 41.4 Å². The number of carbonyl (C=O) groups is 3. The fourth-order valence-electron chi connectivity index (χ4n) is 3.62. The van der Waals surface area contributed by atoms with E-state index in [4.69, 9.17) is 27.9 Å². The molecule has 0 radical (unpaired) electrons. The lowest BCUT2D eigenvalue weighted by atomic mass is 10.1. The summed E-state index contributed by atoms with van der Waals surface area (Å²) in [6.45, 7) is 1.50. The summed E-state index contributed by atoms with van der Waals surface area (Å²) < 4.78 is 5.77. The standard InChI is InChI=1S/C24H22Cl2N2O4S/c25-19-9-6-17(12-20(19)26)15-32-18-7-4-16(5-8-18)13-21-23(30)28(24(31)33-21)14-22(29)27-10-2-1-3-11-27/h4-9,12-13H,1-3,10-11,14-15H2/b21-13-. The van der Waals surface area contributed by atoms with Gasteiger partial charge in [-0.15, -0.1) is 0 Å². The van der Waals surface area contributed by atoms with E-state index in [1.165, 1.54) is 0 Å². The highest BCUT2D eigenvalue weighted by atomic mass is 35.5. The average molecular weight is 505 g/mol. The lowest BCUT2D eigenvalue weighted by molar-refractivity contribution is -0.136. The van der Waals surface area contributed by atoms with Gasteiger partial charge in [0.1, 0.15) is 18.9 Å². The Morgan fingerprint density at radius 2 is 1.73 bits per heavy atom. The second kappa shape index (κ2) is 10.6. The minimum atomic E-state index is -0.435. The van der Waals surface area contributed by atoms with Crippen molar-refractivity contribution in [3.8, 4) is 5.75 Å². The minimum Gasteiger partial charge on any atom is -0.489 e. The molecule has 2 fully saturated rings. The van der Waals surface area contributed by atoms with Crippen molar-refractivity contribution in [3.05, 3.63) is 68.5 Å². The van der Waals surface area contributed by atoms with Crippen LogP contribution in [0.2, 0.25) is 10.0 Å². The van der Waals surface area contributed by atoms with Gasteiger partial charge in [-0.3, -0.25) is 19.3 Å². The van der Waals surface area contributed by atoms with Gasteiger partial charge in [0, 0.05) is 13.1 Å². The van der Waals surface area contributed by atoms with Crippen LogP contribution in [0, 0.1) is 0 Å². The van der Waals surface area contributed by atoms with Crippen molar-refractivity contribution in [2.45, 2.75) is 25.9 Å². The molecule has 4 rings (SSSR count). The molecule has 172 valence electrons. The largest absolute Gasteiger partial charge is 0.489 e. The van der Waals surface area contributed by atoms with Gasteiger partial charge in [0.25, 0.3) is 11.1 Å². The van der Waals surface area contributed by atoms with E-state index in [2.05, 4.69) is 0 Å². The predicted octanol–water partition coefficient (Wildman–Crippen LogP) is 5.62. The van der Waals surface area contributed by atoms with E-state index in [0.29, 0.717) is 40.4 Å². The Balaban J connectivity index is 1.36. The lowest BCUT2D eigenvalue weighted by Gasteiger charge is -2.27. The molecule has 0 N–H and O–H groups in total. The third kappa shape index (κ3) is 5.91. The molecule has 0 aromatic heterocycles. The Bertz CT molecular complexity index is 1100. The van der Waals surface area contributed by atoms with Gasteiger partial charge in [0.15, 0.2) is 0 Å². The zero-order valence-electron chi connectivity index (χ0n) is 17.8. The molecule has 33 heavy (non-hydrogen) atoms. The Kier molecular flexibility index (Phi) is 7.63. The number of likely N-dealkylation sites (tertiary alicyclic amines) is 1. The first-order chi connectivity index (χ1) is 15.9. The van der Waals surface area contributed by atoms with Crippen molar-refractivity contribution >= 4 is 58.1 Å². The van der Waals surface area contributed by atoms with E-state index in [1.807, 2.05) is 6.07 Å².